The van der Waals surface area contributed by atoms with Crippen LogP contribution in [0.5, 0.6) is 11.5 Å². The molecule has 4 aromatic rings. The van der Waals surface area contributed by atoms with Crippen molar-refractivity contribution in [3.8, 4) is 34.4 Å². The molecule has 35 heavy (non-hydrogen) atoms. The number of carbonyl (C=O) groups excluding carboxylic acids is 1. The number of ether oxygens (including phenoxy) is 2. The number of hydrogen-bond donors (Lipinski definition) is 0. The maximum Gasteiger partial charge on any atom is 0.389 e. The first-order chi connectivity index (χ1) is 16.7. The van der Waals surface area contributed by atoms with Gasteiger partial charge in [-0.05, 0) is 29.8 Å². The molecule has 4 rings (SSSR count). The van der Waals surface area contributed by atoms with Crippen molar-refractivity contribution in [1.29, 1.82) is 5.26 Å². The third-order valence-corrected chi connectivity index (χ3v) is 5.44. The van der Waals surface area contributed by atoms with E-state index in [-0.39, 0.29) is 17.1 Å². The summed E-state index contributed by atoms with van der Waals surface area (Å²) in [7, 11) is 2.67. The Morgan fingerprint density at radius 3 is 2.29 bits per heavy atom. The van der Waals surface area contributed by atoms with Crippen LogP contribution in [0.1, 0.15) is 28.9 Å². The Morgan fingerprint density at radius 1 is 1.03 bits per heavy atom. The Bertz CT molecular complexity index is 1410. The van der Waals surface area contributed by atoms with Gasteiger partial charge in [0.25, 0.3) is 0 Å². The smallest absolute Gasteiger partial charge is 0.389 e. The Kier molecular flexibility index (Phi) is 6.42. The van der Waals surface area contributed by atoms with Gasteiger partial charge in [-0.1, -0.05) is 6.07 Å². The highest BCUT2D eigenvalue weighted by Gasteiger charge is 2.30. The van der Waals surface area contributed by atoms with Gasteiger partial charge in [0.15, 0.2) is 5.78 Å². The van der Waals surface area contributed by atoms with E-state index in [4.69, 9.17) is 14.7 Å². The highest BCUT2D eigenvalue weighted by Crippen LogP contribution is 2.36. The summed E-state index contributed by atoms with van der Waals surface area (Å²) in [5.41, 5.74) is 3.95. The van der Waals surface area contributed by atoms with Crippen molar-refractivity contribution >= 4 is 16.8 Å². The molecule has 10 heteroatoms. The number of alkyl halides is 3. The summed E-state index contributed by atoms with van der Waals surface area (Å²) in [6.07, 6.45) is -3.19. The van der Waals surface area contributed by atoms with E-state index in [2.05, 4.69) is 9.97 Å². The Hall–Kier alpha value is -4.39. The molecule has 2 heterocycles. The lowest BCUT2D eigenvalue weighted by Crippen LogP contribution is -2.13. The fraction of sp³-hybridized carbons (Fsp3) is 0.200. The molecule has 0 spiro atoms. The van der Waals surface area contributed by atoms with Gasteiger partial charge in [0.2, 0.25) is 0 Å². The van der Waals surface area contributed by atoms with Gasteiger partial charge in [-0.15, -0.1) is 0 Å². The van der Waals surface area contributed by atoms with E-state index in [9.17, 15) is 18.0 Å². The SMILES string of the molecule is COc1cc(-n2cnc3cc(-c4ccc(C#N)nc4)ccc32)cc(OC)c1C(=O)CCC(F)(F)F. The minimum atomic E-state index is -4.45. The molecule has 0 unspecified atom stereocenters. The molecule has 0 radical (unpaired) electrons. The van der Waals surface area contributed by atoms with Crippen LogP contribution >= 0.6 is 0 Å². The topological polar surface area (TPSA) is 90.0 Å². The molecule has 0 fully saturated rings. The maximum atomic E-state index is 12.6. The van der Waals surface area contributed by atoms with Crippen LogP contribution in [0.15, 0.2) is 55.0 Å². The van der Waals surface area contributed by atoms with Gasteiger partial charge in [0.1, 0.15) is 35.2 Å². The lowest BCUT2D eigenvalue weighted by Gasteiger charge is -2.16. The van der Waals surface area contributed by atoms with Crippen LogP contribution in [0.3, 0.4) is 0 Å². The Labute approximate surface area is 198 Å². The van der Waals surface area contributed by atoms with Gasteiger partial charge in [0, 0.05) is 30.3 Å². The van der Waals surface area contributed by atoms with Crippen molar-refractivity contribution in [1.82, 2.24) is 14.5 Å². The number of pyridine rings is 1. The average Bonchev–Trinajstić information content (AvgIpc) is 3.29. The summed E-state index contributed by atoms with van der Waals surface area (Å²) in [6, 6.07) is 14.1. The molecule has 0 N–H and O–H groups in total. The number of methoxy groups -OCH3 is 2. The van der Waals surface area contributed by atoms with E-state index in [1.165, 1.54) is 14.2 Å². The molecule has 2 aromatic heterocycles. The Balaban J connectivity index is 1.72. The summed E-state index contributed by atoms with van der Waals surface area (Å²) in [5.74, 6) is -0.513. The van der Waals surface area contributed by atoms with Gasteiger partial charge < -0.3 is 9.47 Å². The van der Waals surface area contributed by atoms with E-state index >= 15 is 0 Å². The molecular weight excluding hydrogens is 461 g/mol. The predicted molar refractivity (Wildman–Crippen MR) is 122 cm³/mol. The summed E-state index contributed by atoms with van der Waals surface area (Å²) >= 11 is 0. The zero-order valence-electron chi connectivity index (χ0n) is 18.8. The van der Waals surface area contributed by atoms with Crippen LogP contribution in [-0.4, -0.2) is 40.7 Å². The number of nitrogens with zero attached hydrogens (tertiary/aromatic N) is 4. The van der Waals surface area contributed by atoms with Crippen LogP contribution in [0, 0.1) is 11.3 Å². The zero-order chi connectivity index (χ0) is 25.2. The highest BCUT2D eigenvalue weighted by atomic mass is 19.4. The monoisotopic (exact) mass is 480 g/mol. The van der Waals surface area contributed by atoms with Crippen LogP contribution in [-0.2, 0) is 0 Å². The number of benzene rings is 2. The second kappa shape index (κ2) is 9.46. The summed E-state index contributed by atoms with van der Waals surface area (Å²) in [5, 5.41) is 8.93. The number of Topliss-reactive ketones (excluding diaryl/α,β-unsaturated/α-hetero) is 1. The first-order valence-electron chi connectivity index (χ1n) is 10.4. The molecule has 0 aliphatic rings. The Morgan fingerprint density at radius 2 is 1.71 bits per heavy atom. The quantitative estimate of drug-likeness (QED) is 0.325. The zero-order valence-corrected chi connectivity index (χ0v) is 18.8. The van der Waals surface area contributed by atoms with Gasteiger partial charge in [-0.2, -0.15) is 18.4 Å². The molecule has 0 amide bonds. The molecule has 178 valence electrons. The first-order valence-corrected chi connectivity index (χ1v) is 10.4. The molecule has 0 aliphatic carbocycles. The summed E-state index contributed by atoms with van der Waals surface area (Å²) in [6.45, 7) is 0. The molecule has 0 bridgehead atoms. The number of ketones is 1. The van der Waals surface area contributed by atoms with E-state index in [0.29, 0.717) is 16.9 Å². The summed E-state index contributed by atoms with van der Waals surface area (Å²) < 4.78 is 50.3. The number of hydrogen-bond acceptors (Lipinski definition) is 6. The van der Waals surface area contributed by atoms with Gasteiger partial charge in [0.05, 0.1) is 37.4 Å². The van der Waals surface area contributed by atoms with Gasteiger partial charge in [-0.3, -0.25) is 9.36 Å². The highest BCUT2D eigenvalue weighted by molar-refractivity contribution is 6.02. The average molecular weight is 480 g/mol. The normalized spacial score (nSPS) is 11.3. The van der Waals surface area contributed by atoms with Crippen LogP contribution < -0.4 is 9.47 Å². The molecule has 0 saturated heterocycles. The third-order valence-electron chi connectivity index (χ3n) is 5.44. The maximum absolute atomic E-state index is 12.6. The van der Waals surface area contributed by atoms with Crippen molar-refractivity contribution in [3.63, 3.8) is 0 Å². The van der Waals surface area contributed by atoms with E-state index < -0.39 is 24.8 Å². The fourth-order valence-electron chi connectivity index (χ4n) is 3.72. The number of carbonyl (C=O) groups is 1. The number of aromatic nitrogens is 3. The number of fused-ring (bicyclic) bond motifs is 1. The van der Waals surface area contributed by atoms with Crippen LogP contribution in [0.2, 0.25) is 0 Å². The predicted octanol–water partition coefficient (Wildman–Crippen LogP) is 5.50. The third kappa shape index (κ3) is 4.94. The number of rotatable bonds is 7. The fourth-order valence-corrected chi connectivity index (χ4v) is 3.72. The minimum Gasteiger partial charge on any atom is -0.496 e. The largest absolute Gasteiger partial charge is 0.496 e. The van der Waals surface area contributed by atoms with Crippen molar-refractivity contribution in [2.75, 3.05) is 14.2 Å². The van der Waals surface area contributed by atoms with E-state index in [0.717, 1.165) is 16.6 Å². The molecule has 7 nitrogen and oxygen atoms in total. The molecular formula is C25H19F3N4O3. The lowest BCUT2D eigenvalue weighted by molar-refractivity contribution is -0.133. The second-order valence-corrected chi connectivity index (χ2v) is 7.63. The minimum absolute atomic E-state index is 0.0389. The van der Waals surface area contributed by atoms with Gasteiger partial charge >= 0.3 is 6.18 Å². The van der Waals surface area contributed by atoms with Crippen molar-refractivity contribution in [2.24, 2.45) is 0 Å². The molecule has 0 atom stereocenters. The second-order valence-electron chi connectivity index (χ2n) is 7.63. The van der Waals surface area contributed by atoms with Crippen LogP contribution in [0.25, 0.3) is 27.8 Å². The lowest BCUT2D eigenvalue weighted by atomic mass is 10.0. The van der Waals surface area contributed by atoms with Crippen molar-refractivity contribution in [2.45, 2.75) is 19.0 Å². The number of halogens is 3. The summed E-state index contributed by atoms with van der Waals surface area (Å²) in [4.78, 5) is 21.1. The van der Waals surface area contributed by atoms with Gasteiger partial charge in [-0.25, -0.2) is 9.97 Å². The standard InChI is InChI=1S/C25H19F3N4O3/c1-34-22-10-18(11-23(35-2)24(22)21(33)7-8-25(26,27)28)32-14-31-19-9-15(4-6-20(19)32)16-3-5-17(12-29)30-13-16/h3-6,9-11,13-14H,7-8H2,1-2H3. The molecule has 2 aromatic carbocycles. The molecule has 0 saturated carbocycles. The van der Waals surface area contributed by atoms with Crippen molar-refractivity contribution in [3.05, 3.63) is 66.2 Å². The number of imidazole rings is 1. The van der Waals surface area contributed by atoms with Crippen molar-refractivity contribution < 1.29 is 27.4 Å². The van der Waals surface area contributed by atoms with E-state index in [1.54, 1.807) is 41.4 Å². The molecule has 0 aliphatic heterocycles. The first kappa shape index (κ1) is 23.8. The number of nitriles is 1. The van der Waals surface area contributed by atoms with E-state index in [1.807, 2.05) is 24.3 Å². The van der Waals surface area contributed by atoms with Crippen LogP contribution in [0.4, 0.5) is 13.2 Å².